The third-order valence-electron chi connectivity index (χ3n) is 1.88. The van der Waals surface area contributed by atoms with E-state index in [1.807, 2.05) is 41.5 Å². The van der Waals surface area contributed by atoms with Crippen molar-refractivity contribution >= 4 is 5.97 Å². The van der Waals surface area contributed by atoms with Crippen molar-refractivity contribution in [3.05, 3.63) is 0 Å². The Balaban J connectivity index is 4.67. The zero-order chi connectivity index (χ0) is 11.6. The molecule has 0 bridgehead atoms. The first-order valence-corrected chi connectivity index (χ1v) is 4.93. The van der Waals surface area contributed by atoms with Gasteiger partial charge in [0.1, 0.15) is 6.04 Å². The minimum atomic E-state index is -0.271. The van der Waals surface area contributed by atoms with Crippen LogP contribution in [0.3, 0.4) is 0 Å². The van der Waals surface area contributed by atoms with Crippen LogP contribution in [0.15, 0.2) is 0 Å². The summed E-state index contributed by atoms with van der Waals surface area (Å²) in [5, 5.41) is 3.27. The summed E-state index contributed by atoms with van der Waals surface area (Å²) in [5.41, 5.74) is -0.230. The van der Waals surface area contributed by atoms with E-state index in [1.54, 1.807) is 0 Å². The molecule has 1 N–H and O–H groups in total. The highest BCUT2D eigenvalue weighted by Gasteiger charge is 2.34. The van der Waals surface area contributed by atoms with Gasteiger partial charge < -0.3 is 4.74 Å². The van der Waals surface area contributed by atoms with Crippen LogP contribution in [-0.4, -0.2) is 24.7 Å². The van der Waals surface area contributed by atoms with Gasteiger partial charge in [0.05, 0.1) is 7.11 Å². The van der Waals surface area contributed by atoms with Crippen LogP contribution in [0.2, 0.25) is 0 Å². The average molecular weight is 201 g/mol. The molecule has 0 aromatic carbocycles. The van der Waals surface area contributed by atoms with E-state index < -0.39 is 0 Å². The lowest BCUT2D eigenvalue weighted by Crippen LogP contribution is -2.54. The Hall–Kier alpha value is -0.570. The standard InChI is InChI=1S/C11H23NO2/c1-10(2,3)8(9(13)14-7)12-11(4,5)6/h8,12H,1-7H3. The van der Waals surface area contributed by atoms with Crippen LogP contribution in [0.1, 0.15) is 41.5 Å². The maximum Gasteiger partial charge on any atom is 0.323 e. The second-order valence-electron chi connectivity index (χ2n) is 5.72. The van der Waals surface area contributed by atoms with Crippen molar-refractivity contribution in [2.24, 2.45) is 5.41 Å². The molecule has 0 aromatic heterocycles. The second kappa shape index (κ2) is 4.30. The van der Waals surface area contributed by atoms with Gasteiger partial charge in [-0.05, 0) is 26.2 Å². The average Bonchev–Trinajstić information content (AvgIpc) is 1.95. The highest BCUT2D eigenvalue weighted by molar-refractivity contribution is 5.76. The minimum absolute atomic E-state index is 0.0911. The fourth-order valence-electron chi connectivity index (χ4n) is 1.18. The van der Waals surface area contributed by atoms with E-state index in [0.29, 0.717) is 0 Å². The summed E-state index contributed by atoms with van der Waals surface area (Å²) in [7, 11) is 1.42. The number of ether oxygens (including phenoxy) is 1. The lowest BCUT2D eigenvalue weighted by atomic mass is 9.85. The van der Waals surface area contributed by atoms with E-state index in [9.17, 15) is 4.79 Å². The van der Waals surface area contributed by atoms with Gasteiger partial charge in [0.15, 0.2) is 0 Å². The van der Waals surface area contributed by atoms with E-state index in [0.717, 1.165) is 0 Å². The van der Waals surface area contributed by atoms with Crippen LogP contribution >= 0.6 is 0 Å². The summed E-state index contributed by atoms with van der Waals surface area (Å²) in [5.74, 6) is -0.201. The Bertz CT molecular complexity index is 198. The summed E-state index contributed by atoms with van der Waals surface area (Å²) < 4.78 is 4.78. The normalized spacial score (nSPS) is 15.1. The molecular weight excluding hydrogens is 178 g/mol. The number of carbonyl (C=O) groups is 1. The monoisotopic (exact) mass is 201 g/mol. The van der Waals surface area contributed by atoms with Gasteiger partial charge >= 0.3 is 5.97 Å². The summed E-state index contributed by atoms with van der Waals surface area (Å²) in [6.07, 6.45) is 0. The lowest BCUT2D eigenvalue weighted by molar-refractivity contribution is -0.146. The molecule has 0 fully saturated rings. The SMILES string of the molecule is COC(=O)C(NC(C)(C)C)C(C)(C)C. The van der Waals surface area contributed by atoms with Crippen molar-refractivity contribution < 1.29 is 9.53 Å². The first-order valence-electron chi connectivity index (χ1n) is 4.93. The molecular formula is C11H23NO2. The van der Waals surface area contributed by atoms with Gasteiger partial charge in [-0.1, -0.05) is 20.8 Å². The first kappa shape index (κ1) is 13.4. The van der Waals surface area contributed by atoms with Crippen LogP contribution in [0.4, 0.5) is 0 Å². The molecule has 0 heterocycles. The highest BCUT2D eigenvalue weighted by atomic mass is 16.5. The quantitative estimate of drug-likeness (QED) is 0.694. The number of methoxy groups -OCH3 is 1. The molecule has 0 spiro atoms. The third-order valence-corrected chi connectivity index (χ3v) is 1.88. The summed E-state index contributed by atoms with van der Waals surface area (Å²) in [6, 6.07) is -0.271. The third kappa shape index (κ3) is 4.61. The molecule has 1 atom stereocenters. The molecule has 0 rings (SSSR count). The molecule has 0 radical (unpaired) electrons. The van der Waals surface area contributed by atoms with E-state index in [1.165, 1.54) is 7.11 Å². The van der Waals surface area contributed by atoms with Crippen LogP contribution in [0.5, 0.6) is 0 Å². The van der Waals surface area contributed by atoms with Gasteiger partial charge in [0.25, 0.3) is 0 Å². The molecule has 0 saturated heterocycles. The van der Waals surface area contributed by atoms with Crippen molar-refractivity contribution in [1.29, 1.82) is 0 Å². The molecule has 0 aliphatic carbocycles. The lowest BCUT2D eigenvalue weighted by Gasteiger charge is -2.35. The molecule has 0 amide bonds. The van der Waals surface area contributed by atoms with Crippen molar-refractivity contribution in [2.45, 2.75) is 53.1 Å². The van der Waals surface area contributed by atoms with Gasteiger partial charge in [-0.3, -0.25) is 10.1 Å². The second-order valence-corrected chi connectivity index (χ2v) is 5.72. The Labute approximate surface area is 87.2 Å². The molecule has 0 aromatic rings. The van der Waals surface area contributed by atoms with Gasteiger partial charge in [-0.15, -0.1) is 0 Å². The number of nitrogens with one attached hydrogen (secondary N) is 1. The maximum absolute atomic E-state index is 11.6. The number of carbonyl (C=O) groups excluding carboxylic acids is 1. The molecule has 3 heteroatoms. The van der Waals surface area contributed by atoms with Crippen LogP contribution in [0, 0.1) is 5.41 Å². The van der Waals surface area contributed by atoms with Crippen molar-refractivity contribution in [3.8, 4) is 0 Å². The van der Waals surface area contributed by atoms with Crippen LogP contribution in [-0.2, 0) is 9.53 Å². The van der Waals surface area contributed by atoms with Crippen molar-refractivity contribution in [2.75, 3.05) is 7.11 Å². The van der Waals surface area contributed by atoms with E-state index in [-0.39, 0.29) is 23.0 Å². The Morgan fingerprint density at radius 3 is 1.79 bits per heavy atom. The predicted octanol–water partition coefficient (Wildman–Crippen LogP) is 1.96. The van der Waals surface area contributed by atoms with E-state index in [2.05, 4.69) is 5.32 Å². The molecule has 14 heavy (non-hydrogen) atoms. The minimum Gasteiger partial charge on any atom is -0.468 e. The first-order chi connectivity index (χ1) is 6.08. The molecule has 3 nitrogen and oxygen atoms in total. The van der Waals surface area contributed by atoms with Gasteiger partial charge in [-0.2, -0.15) is 0 Å². The number of rotatable bonds is 2. The van der Waals surface area contributed by atoms with E-state index >= 15 is 0 Å². The largest absolute Gasteiger partial charge is 0.468 e. The van der Waals surface area contributed by atoms with Gasteiger partial charge in [-0.25, -0.2) is 0 Å². The smallest absolute Gasteiger partial charge is 0.323 e. The van der Waals surface area contributed by atoms with E-state index in [4.69, 9.17) is 4.74 Å². The summed E-state index contributed by atoms with van der Waals surface area (Å²) in [6.45, 7) is 12.2. The van der Waals surface area contributed by atoms with Crippen molar-refractivity contribution in [1.82, 2.24) is 5.32 Å². The number of hydrogen-bond donors (Lipinski definition) is 1. The maximum atomic E-state index is 11.6. The molecule has 1 unspecified atom stereocenters. The Morgan fingerprint density at radius 2 is 1.57 bits per heavy atom. The predicted molar refractivity (Wildman–Crippen MR) is 58.1 cm³/mol. The topological polar surface area (TPSA) is 38.3 Å². The Kier molecular flexibility index (Phi) is 4.13. The number of hydrogen-bond acceptors (Lipinski definition) is 3. The molecule has 0 aliphatic rings. The zero-order valence-electron chi connectivity index (χ0n) is 10.4. The van der Waals surface area contributed by atoms with Gasteiger partial charge in [0, 0.05) is 5.54 Å². The summed E-state index contributed by atoms with van der Waals surface area (Å²) >= 11 is 0. The highest BCUT2D eigenvalue weighted by Crippen LogP contribution is 2.22. The molecule has 84 valence electrons. The van der Waals surface area contributed by atoms with Crippen LogP contribution < -0.4 is 5.32 Å². The van der Waals surface area contributed by atoms with Crippen LogP contribution in [0.25, 0.3) is 0 Å². The van der Waals surface area contributed by atoms with Gasteiger partial charge in [0.2, 0.25) is 0 Å². The Morgan fingerprint density at radius 1 is 1.14 bits per heavy atom. The fourth-order valence-corrected chi connectivity index (χ4v) is 1.18. The molecule has 0 aliphatic heterocycles. The van der Waals surface area contributed by atoms with Crippen molar-refractivity contribution in [3.63, 3.8) is 0 Å². The zero-order valence-corrected chi connectivity index (χ0v) is 10.4. The number of esters is 1. The fraction of sp³-hybridized carbons (Fsp3) is 0.909. The molecule has 0 saturated carbocycles. The summed E-state index contributed by atoms with van der Waals surface area (Å²) in [4.78, 5) is 11.6.